The Balaban J connectivity index is 2.79. The fraction of sp³-hybridized carbons (Fsp3) is 0.533. The SMILES string of the molecule is CCC(C)Nc1ccc(F)c(NC(=O)OC(C)(C)C)c1. The zero-order valence-electron chi connectivity index (χ0n) is 12.7. The highest BCUT2D eigenvalue weighted by molar-refractivity contribution is 5.85. The third kappa shape index (κ3) is 5.47. The molecule has 0 saturated heterocycles. The lowest BCUT2D eigenvalue weighted by atomic mass is 10.2. The molecule has 5 heteroatoms. The molecule has 0 aliphatic rings. The lowest BCUT2D eigenvalue weighted by molar-refractivity contribution is 0.0635. The molecule has 0 heterocycles. The van der Waals surface area contributed by atoms with Crippen molar-refractivity contribution in [2.75, 3.05) is 10.6 Å². The van der Waals surface area contributed by atoms with E-state index in [2.05, 4.69) is 17.6 Å². The van der Waals surface area contributed by atoms with Crippen LogP contribution >= 0.6 is 0 Å². The van der Waals surface area contributed by atoms with E-state index < -0.39 is 17.5 Å². The molecule has 0 aliphatic heterocycles. The summed E-state index contributed by atoms with van der Waals surface area (Å²) >= 11 is 0. The molecule has 0 spiro atoms. The molecule has 1 atom stereocenters. The smallest absolute Gasteiger partial charge is 0.412 e. The third-order valence-electron chi connectivity index (χ3n) is 2.63. The Morgan fingerprint density at radius 3 is 2.60 bits per heavy atom. The van der Waals surface area contributed by atoms with Crippen molar-refractivity contribution in [1.82, 2.24) is 0 Å². The van der Waals surface area contributed by atoms with Crippen molar-refractivity contribution in [3.8, 4) is 0 Å². The molecule has 1 amide bonds. The van der Waals surface area contributed by atoms with Crippen LogP contribution in [0.2, 0.25) is 0 Å². The number of hydrogen-bond acceptors (Lipinski definition) is 3. The molecule has 0 aromatic heterocycles. The predicted octanol–water partition coefficient (Wildman–Crippen LogP) is 4.38. The van der Waals surface area contributed by atoms with Crippen LogP contribution in [0.15, 0.2) is 18.2 Å². The second kappa shape index (κ2) is 6.59. The minimum absolute atomic E-state index is 0.104. The van der Waals surface area contributed by atoms with Crippen LogP contribution in [0, 0.1) is 5.82 Å². The first-order valence-electron chi connectivity index (χ1n) is 6.77. The lowest BCUT2D eigenvalue weighted by Gasteiger charge is -2.20. The Hall–Kier alpha value is -1.78. The van der Waals surface area contributed by atoms with E-state index >= 15 is 0 Å². The van der Waals surface area contributed by atoms with E-state index in [9.17, 15) is 9.18 Å². The largest absolute Gasteiger partial charge is 0.444 e. The molecule has 0 bridgehead atoms. The summed E-state index contributed by atoms with van der Waals surface area (Å²) in [7, 11) is 0. The van der Waals surface area contributed by atoms with E-state index in [-0.39, 0.29) is 11.7 Å². The molecule has 0 saturated carbocycles. The van der Waals surface area contributed by atoms with Crippen LogP contribution in [0.3, 0.4) is 0 Å². The van der Waals surface area contributed by atoms with Gasteiger partial charge in [0.1, 0.15) is 11.4 Å². The first-order valence-corrected chi connectivity index (χ1v) is 6.77. The highest BCUT2D eigenvalue weighted by Crippen LogP contribution is 2.21. The van der Waals surface area contributed by atoms with Crippen molar-refractivity contribution in [3.63, 3.8) is 0 Å². The fourth-order valence-corrected chi connectivity index (χ4v) is 1.51. The van der Waals surface area contributed by atoms with E-state index in [4.69, 9.17) is 4.74 Å². The molecular weight excluding hydrogens is 259 g/mol. The molecular formula is C15H23FN2O2. The van der Waals surface area contributed by atoms with Gasteiger partial charge in [-0.2, -0.15) is 0 Å². The zero-order valence-corrected chi connectivity index (χ0v) is 12.7. The van der Waals surface area contributed by atoms with Crippen molar-refractivity contribution in [1.29, 1.82) is 0 Å². The summed E-state index contributed by atoms with van der Waals surface area (Å²) in [6.07, 6.45) is 0.281. The molecule has 20 heavy (non-hydrogen) atoms. The Labute approximate surface area is 119 Å². The summed E-state index contributed by atoms with van der Waals surface area (Å²) in [6.45, 7) is 9.35. The average molecular weight is 282 g/mol. The van der Waals surface area contributed by atoms with Gasteiger partial charge >= 0.3 is 6.09 Å². The normalized spacial score (nSPS) is 12.7. The molecule has 0 radical (unpaired) electrons. The number of nitrogens with one attached hydrogen (secondary N) is 2. The van der Waals surface area contributed by atoms with Crippen LogP contribution in [-0.2, 0) is 4.74 Å². The van der Waals surface area contributed by atoms with Crippen molar-refractivity contribution in [3.05, 3.63) is 24.0 Å². The summed E-state index contributed by atoms with van der Waals surface area (Å²) < 4.78 is 18.8. The van der Waals surface area contributed by atoms with Gasteiger partial charge in [-0.15, -0.1) is 0 Å². The Morgan fingerprint density at radius 1 is 1.40 bits per heavy atom. The van der Waals surface area contributed by atoms with Crippen LogP contribution < -0.4 is 10.6 Å². The Kier molecular flexibility index (Phi) is 5.36. The fourth-order valence-electron chi connectivity index (χ4n) is 1.51. The Bertz CT molecular complexity index is 469. The zero-order chi connectivity index (χ0) is 15.3. The van der Waals surface area contributed by atoms with Gasteiger partial charge in [-0.3, -0.25) is 5.32 Å². The quantitative estimate of drug-likeness (QED) is 0.861. The van der Waals surface area contributed by atoms with Gasteiger partial charge in [0.15, 0.2) is 0 Å². The standard InChI is InChI=1S/C15H23FN2O2/c1-6-10(2)17-11-7-8-12(16)13(9-11)18-14(19)20-15(3,4)5/h7-10,17H,6H2,1-5H3,(H,18,19). The first kappa shape index (κ1) is 16.3. The van der Waals surface area contributed by atoms with E-state index in [1.54, 1.807) is 32.9 Å². The maximum absolute atomic E-state index is 13.7. The van der Waals surface area contributed by atoms with Gasteiger partial charge in [-0.25, -0.2) is 9.18 Å². The maximum Gasteiger partial charge on any atom is 0.412 e. The molecule has 0 fully saturated rings. The Morgan fingerprint density at radius 2 is 2.05 bits per heavy atom. The monoisotopic (exact) mass is 282 g/mol. The molecule has 112 valence electrons. The summed E-state index contributed by atoms with van der Waals surface area (Å²) in [6, 6.07) is 4.79. The number of benzene rings is 1. The minimum Gasteiger partial charge on any atom is -0.444 e. The molecule has 1 aromatic carbocycles. The number of halogens is 1. The summed E-state index contributed by atoms with van der Waals surface area (Å²) in [4.78, 5) is 11.6. The van der Waals surface area contributed by atoms with Gasteiger partial charge in [0.2, 0.25) is 0 Å². The van der Waals surface area contributed by atoms with Gasteiger partial charge < -0.3 is 10.1 Å². The van der Waals surface area contributed by atoms with Gasteiger partial charge in [-0.1, -0.05) is 6.92 Å². The van der Waals surface area contributed by atoms with Gasteiger partial charge in [-0.05, 0) is 52.3 Å². The predicted molar refractivity (Wildman–Crippen MR) is 79.6 cm³/mol. The van der Waals surface area contributed by atoms with Crippen molar-refractivity contribution in [2.45, 2.75) is 52.7 Å². The molecule has 1 rings (SSSR count). The van der Waals surface area contributed by atoms with E-state index in [1.165, 1.54) is 6.07 Å². The van der Waals surface area contributed by atoms with Crippen LogP contribution in [0.1, 0.15) is 41.0 Å². The second-order valence-electron chi connectivity index (χ2n) is 5.78. The van der Waals surface area contributed by atoms with Crippen LogP contribution in [0.25, 0.3) is 0 Å². The second-order valence-corrected chi connectivity index (χ2v) is 5.78. The number of hydrogen-bond donors (Lipinski definition) is 2. The van der Waals surface area contributed by atoms with Crippen LogP contribution in [0.5, 0.6) is 0 Å². The number of carbonyl (C=O) groups is 1. The number of ether oxygens (including phenoxy) is 1. The number of carbonyl (C=O) groups excluding carboxylic acids is 1. The average Bonchev–Trinajstić information content (AvgIpc) is 2.30. The molecule has 0 aliphatic carbocycles. The first-order chi connectivity index (χ1) is 9.21. The van der Waals surface area contributed by atoms with Crippen LogP contribution in [-0.4, -0.2) is 17.7 Å². The summed E-state index contributed by atoms with van der Waals surface area (Å²) in [5, 5.41) is 5.64. The molecule has 1 unspecified atom stereocenters. The molecule has 2 N–H and O–H groups in total. The topological polar surface area (TPSA) is 50.4 Å². The lowest BCUT2D eigenvalue weighted by Crippen LogP contribution is -2.27. The van der Waals surface area contributed by atoms with E-state index in [1.807, 2.05) is 6.92 Å². The van der Waals surface area contributed by atoms with Gasteiger partial charge in [0.25, 0.3) is 0 Å². The highest BCUT2D eigenvalue weighted by Gasteiger charge is 2.17. The van der Waals surface area contributed by atoms with E-state index in [0.29, 0.717) is 0 Å². The minimum atomic E-state index is -0.669. The summed E-state index contributed by atoms with van der Waals surface area (Å²) in [5.74, 6) is -0.495. The third-order valence-corrected chi connectivity index (χ3v) is 2.63. The van der Waals surface area contributed by atoms with Crippen molar-refractivity contribution in [2.24, 2.45) is 0 Å². The summed E-state index contributed by atoms with van der Waals surface area (Å²) in [5.41, 5.74) is 0.243. The van der Waals surface area contributed by atoms with Crippen LogP contribution in [0.4, 0.5) is 20.6 Å². The van der Waals surface area contributed by atoms with E-state index in [0.717, 1.165) is 12.1 Å². The highest BCUT2D eigenvalue weighted by atomic mass is 19.1. The number of anilines is 2. The number of rotatable bonds is 4. The number of amides is 1. The van der Waals surface area contributed by atoms with Gasteiger partial charge in [0.05, 0.1) is 5.69 Å². The maximum atomic E-state index is 13.7. The van der Waals surface area contributed by atoms with Crippen molar-refractivity contribution < 1.29 is 13.9 Å². The molecule has 1 aromatic rings. The van der Waals surface area contributed by atoms with Crippen molar-refractivity contribution >= 4 is 17.5 Å². The van der Waals surface area contributed by atoms with Gasteiger partial charge in [0, 0.05) is 11.7 Å². The molecule has 4 nitrogen and oxygen atoms in total.